The normalized spacial score (nSPS) is 11.4. The molecular weight excluding hydrogens is 246 g/mol. The molecule has 1 aromatic rings. The summed E-state index contributed by atoms with van der Waals surface area (Å²) >= 11 is 3.30. The van der Waals surface area contributed by atoms with Crippen LogP contribution in [-0.2, 0) is 0 Å². The van der Waals surface area contributed by atoms with Crippen LogP contribution in [-0.4, -0.2) is 10.3 Å². The Kier molecular flexibility index (Phi) is 3.83. The molecule has 0 spiro atoms. The van der Waals surface area contributed by atoms with E-state index in [2.05, 4.69) is 15.9 Å². The SMILES string of the molecule is CC(=Cc1ccccc1[N+](=O)[O-])CBr. The number of rotatable bonds is 3. The third-order valence-electron chi connectivity index (χ3n) is 1.75. The minimum Gasteiger partial charge on any atom is -0.258 e. The number of allylic oxidation sites excluding steroid dienone is 1. The molecule has 4 heteroatoms. The maximum absolute atomic E-state index is 10.7. The van der Waals surface area contributed by atoms with Crippen LogP contribution in [0.1, 0.15) is 12.5 Å². The molecule has 0 saturated carbocycles. The van der Waals surface area contributed by atoms with Gasteiger partial charge in [0.2, 0.25) is 0 Å². The second-order valence-corrected chi connectivity index (χ2v) is 3.50. The Morgan fingerprint density at radius 1 is 1.57 bits per heavy atom. The average Bonchev–Trinajstić information content (AvgIpc) is 2.18. The number of nitrogens with zero attached hydrogens (tertiary/aromatic N) is 1. The molecule has 0 bridgehead atoms. The Hall–Kier alpha value is -1.16. The number of hydrogen-bond acceptors (Lipinski definition) is 2. The van der Waals surface area contributed by atoms with Crippen molar-refractivity contribution in [3.63, 3.8) is 0 Å². The highest BCUT2D eigenvalue weighted by molar-refractivity contribution is 9.09. The van der Waals surface area contributed by atoms with Crippen molar-refractivity contribution in [1.29, 1.82) is 0 Å². The summed E-state index contributed by atoms with van der Waals surface area (Å²) in [6.45, 7) is 1.92. The molecule has 0 aliphatic carbocycles. The van der Waals surface area contributed by atoms with E-state index in [0.717, 1.165) is 10.9 Å². The van der Waals surface area contributed by atoms with Gasteiger partial charge in [0.15, 0.2) is 0 Å². The van der Waals surface area contributed by atoms with Crippen molar-refractivity contribution >= 4 is 27.7 Å². The molecule has 1 rings (SSSR count). The predicted octanol–water partition coefficient (Wildman–Crippen LogP) is 3.39. The maximum Gasteiger partial charge on any atom is 0.276 e. The lowest BCUT2D eigenvalue weighted by Crippen LogP contribution is -1.91. The molecule has 0 aromatic heterocycles. The summed E-state index contributed by atoms with van der Waals surface area (Å²) in [5, 5.41) is 11.4. The largest absolute Gasteiger partial charge is 0.276 e. The van der Waals surface area contributed by atoms with Crippen LogP contribution in [0.25, 0.3) is 6.08 Å². The Balaban J connectivity index is 3.14. The molecule has 0 unspecified atom stereocenters. The van der Waals surface area contributed by atoms with Crippen LogP contribution in [0.5, 0.6) is 0 Å². The van der Waals surface area contributed by atoms with Gasteiger partial charge < -0.3 is 0 Å². The minimum absolute atomic E-state index is 0.146. The van der Waals surface area contributed by atoms with Crippen LogP contribution in [0.2, 0.25) is 0 Å². The molecule has 1 aromatic carbocycles. The zero-order valence-corrected chi connectivity index (χ0v) is 9.32. The Morgan fingerprint density at radius 2 is 2.21 bits per heavy atom. The molecule has 0 radical (unpaired) electrons. The van der Waals surface area contributed by atoms with E-state index >= 15 is 0 Å². The summed E-state index contributed by atoms with van der Waals surface area (Å²) in [7, 11) is 0. The van der Waals surface area contributed by atoms with E-state index in [9.17, 15) is 10.1 Å². The fraction of sp³-hybridized carbons (Fsp3) is 0.200. The lowest BCUT2D eigenvalue weighted by atomic mass is 10.1. The molecular formula is C10H10BrNO2. The van der Waals surface area contributed by atoms with Gasteiger partial charge in [-0.25, -0.2) is 0 Å². The monoisotopic (exact) mass is 255 g/mol. The molecule has 14 heavy (non-hydrogen) atoms. The van der Waals surface area contributed by atoms with E-state index in [-0.39, 0.29) is 10.6 Å². The van der Waals surface area contributed by atoms with Crippen LogP contribution in [0.15, 0.2) is 29.8 Å². The highest BCUT2D eigenvalue weighted by Crippen LogP contribution is 2.20. The highest BCUT2D eigenvalue weighted by Gasteiger charge is 2.09. The third kappa shape index (κ3) is 2.67. The number of alkyl halides is 1. The summed E-state index contributed by atoms with van der Waals surface area (Å²) in [5.74, 6) is 0. The predicted molar refractivity (Wildman–Crippen MR) is 60.5 cm³/mol. The summed E-state index contributed by atoms with van der Waals surface area (Å²) in [6, 6.07) is 6.71. The van der Waals surface area contributed by atoms with E-state index < -0.39 is 0 Å². The maximum atomic E-state index is 10.7. The van der Waals surface area contributed by atoms with E-state index in [1.807, 2.05) is 13.0 Å². The fourth-order valence-electron chi connectivity index (χ4n) is 1.08. The first kappa shape index (κ1) is 10.9. The van der Waals surface area contributed by atoms with Gasteiger partial charge in [-0.1, -0.05) is 33.6 Å². The van der Waals surface area contributed by atoms with Crippen molar-refractivity contribution < 1.29 is 4.92 Å². The molecule has 0 N–H and O–H groups in total. The molecule has 0 aliphatic heterocycles. The minimum atomic E-state index is -0.368. The van der Waals surface area contributed by atoms with E-state index in [0.29, 0.717) is 5.56 Å². The number of halogens is 1. The van der Waals surface area contributed by atoms with E-state index in [4.69, 9.17) is 0 Å². The highest BCUT2D eigenvalue weighted by atomic mass is 79.9. The molecule has 0 fully saturated rings. The van der Waals surface area contributed by atoms with Gasteiger partial charge in [0.1, 0.15) is 0 Å². The van der Waals surface area contributed by atoms with Gasteiger partial charge in [0.25, 0.3) is 5.69 Å². The first-order valence-corrected chi connectivity index (χ1v) is 5.24. The van der Waals surface area contributed by atoms with Gasteiger partial charge in [-0.3, -0.25) is 10.1 Å². The van der Waals surface area contributed by atoms with Gasteiger partial charge >= 0.3 is 0 Å². The van der Waals surface area contributed by atoms with Gasteiger partial charge in [-0.2, -0.15) is 0 Å². The van der Waals surface area contributed by atoms with Gasteiger partial charge in [-0.05, 0) is 19.1 Å². The van der Waals surface area contributed by atoms with Gasteiger partial charge in [0, 0.05) is 11.4 Å². The quantitative estimate of drug-likeness (QED) is 0.472. The van der Waals surface area contributed by atoms with Crippen molar-refractivity contribution in [2.24, 2.45) is 0 Å². The summed E-state index contributed by atoms with van der Waals surface area (Å²) in [6.07, 6.45) is 1.81. The Bertz CT molecular complexity index is 374. The fourth-order valence-corrected chi connectivity index (χ4v) is 1.24. The van der Waals surface area contributed by atoms with Crippen molar-refractivity contribution in [1.82, 2.24) is 0 Å². The van der Waals surface area contributed by atoms with Crippen molar-refractivity contribution in [2.45, 2.75) is 6.92 Å². The molecule has 0 aliphatic rings. The smallest absolute Gasteiger partial charge is 0.258 e. The second kappa shape index (κ2) is 4.91. The van der Waals surface area contributed by atoms with Gasteiger partial charge in [0.05, 0.1) is 10.5 Å². The number of nitro benzene ring substituents is 1. The lowest BCUT2D eigenvalue weighted by Gasteiger charge is -1.98. The summed E-state index contributed by atoms with van der Waals surface area (Å²) in [4.78, 5) is 10.3. The van der Waals surface area contributed by atoms with Crippen molar-refractivity contribution in [3.8, 4) is 0 Å². The zero-order chi connectivity index (χ0) is 10.6. The third-order valence-corrected chi connectivity index (χ3v) is 2.63. The number of para-hydroxylation sites is 1. The van der Waals surface area contributed by atoms with Gasteiger partial charge in [-0.15, -0.1) is 0 Å². The van der Waals surface area contributed by atoms with Crippen LogP contribution >= 0.6 is 15.9 Å². The first-order chi connectivity index (χ1) is 6.65. The van der Waals surface area contributed by atoms with Crippen LogP contribution in [0.3, 0.4) is 0 Å². The number of nitro groups is 1. The topological polar surface area (TPSA) is 43.1 Å². The zero-order valence-electron chi connectivity index (χ0n) is 7.74. The molecule has 0 saturated heterocycles. The molecule has 0 amide bonds. The first-order valence-electron chi connectivity index (χ1n) is 4.11. The van der Waals surface area contributed by atoms with E-state index in [1.165, 1.54) is 6.07 Å². The van der Waals surface area contributed by atoms with Crippen LogP contribution in [0.4, 0.5) is 5.69 Å². The average molecular weight is 256 g/mol. The van der Waals surface area contributed by atoms with Crippen molar-refractivity contribution in [2.75, 3.05) is 5.33 Å². The number of hydrogen-bond donors (Lipinski definition) is 0. The standard InChI is InChI=1S/C10H10BrNO2/c1-8(7-11)6-9-4-2-3-5-10(9)12(13)14/h2-6H,7H2,1H3. The lowest BCUT2D eigenvalue weighted by molar-refractivity contribution is -0.385. The second-order valence-electron chi connectivity index (χ2n) is 2.94. The van der Waals surface area contributed by atoms with Crippen LogP contribution < -0.4 is 0 Å². The molecule has 3 nitrogen and oxygen atoms in total. The summed E-state index contributed by atoms with van der Waals surface area (Å²) < 4.78 is 0. The Labute approximate surface area is 90.7 Å². The van der Waals surface area contributed by atoms with E-state index in [1.54, 1.807) is 18.2 Å². The Morgan fingerprint density at radius 3 is 2.79 bits per heavy atom. The molecule has 0 atom stereocenters. The molecule has 74 valence electrons. The van der Waals surface area contributed by atoms with Crippen LogP contribution in [0, 0.1) is 10.1 Å². The van der Waals surface area contributed by atoms with Crippen molar-refractivity contribution in [3.05, 3.63) is 45.5 Å². The molecule has 0 heterocycles. The number of benzene rings is 1. The summed E-state index contributed by atoms with van der Waals surface area (Å²) in [5.41, 5.74) is 1.85.